The summed E-state index contributed by atoms with van der Waals surface area (Å²) in [6, 6.07) is 3.89. The number of ether oxygens (including phenoxy) is 1. The number of hydrogen-bond donors (Lipinski definition) is 1. The third-order valence-corrected chi connectivity index (χ3v) is 5.05. The number of likely N-dealkylation sites (tertiary alicyclic amines) is 1. The average Bonchev–Trinajstić information content (AvgIpc) is 2.95. The summed E-state index contributed by atoms with van der Waals surface area (Å²) in [5.74, 6) is -0.124. The quantitative estimate of drug-likeness (QED) is 0.927. The van der Waals surface area contributed by atoms with Crippen LogP contribution < -0.4 is 10.1 Å². The van der Waals surface area contributed by atoms with Gasteiger partial charge in [-0.3, -0.25) is 4.79 Å². The monoisotopic (exact) mass is 326 g/mol. The van der Waals surface area contributed by atoms with Crippen molar-refractivity contribution in [2.45, 2.75) is 19.3 Å². The van der Waals surface area contributed by atoms with Gasteiger partial charge in [0.05, 0.1) is 5.02 Å². The van der Waals surface area contributed by atoms with Gasteiger partial charge in [0.15, 0.2) is 6.61 Å². The number of hydrogen-bond acceptors (Lipinski definition) is 3. The molecule has 2 aliphatic heterocycles. The van der Waals surface area contributed by atoms with E-state index in [9.17, 15) is 9.18 Å². The summed E-state index contributed by atoms with van der Waals surface area (Å²) in [4.78, 5) is 14.1. The molecule has 1 amide bonds. The van der Waals surface area contributed by atoms with E-state index >= 15 is 0 Å². The first kappa shape index (κ1) is 15.6. The van der Waals surface area contributed by atoms with Gasteiger partial charge in [-0.2, -0.15) is 0 Å². The Morgan fingerprint density at radius 3 is 2.77 bits per heavy atom. The highest BCUT2D eigenvalue weighted by Crippen LogP contribution is 2.36. The van der Waals surface area contributed by atoms with Gasteiger partial charge in [-0.1, -0.05) is 11.6 Å². The zero-order valence-electron chi connectivity index (χ0n) is 12.4. The summed E-state index contributed by atoms with van der Waals surface area (Å²) < 4.78 is 18.4. The molecule has 0 atom stereocenters. The molecule has 22 heavy (non-hydrogen) atoms. The van der Waals surface area contributed by atoms with Gasteiger partial charge in [0, 0.05) is 19.6 Å². The van der Waals surface area contributed by atoms with Crippen LogP contribution >= 0.6 is 11.6 Å². The number of piperidine rings is 1. The fourth-order valence-electron chi connectivity index (χ4n) is 3.28. The van der Waals surface area contributed by atoms with E-state index in [0.29, 0.717) is 11.2 Å². The number of amides is 1. The van der Waals surface area contributed by atoms with Gasteiger partial charge in [0.2, 0.25) is 0 Å². The maximum atomic E-state index is 13.0. The molecule has 1 N–H and O–H groups in total. The number of carbonyl (C=O) groups excluding carboxylic acids is 1. The van der Waals surface area contributed by atoms with Gasteiger partial charge < -0.3 is 15.0 Å². The lowest BCUT2D eigenvalue weighted by Gasteiger charge is -2.38. The maximum Gasteiger partial charge on any atom is 0.260 e. The summed E-state index contributed by atoms with van der Waals surface area (Å²) in [5.41, 5.74) is 0.387. The van der Waals surface area contributed by atoms with Gasteiger partial charge in [0.25, 0.3) is 5.91 Å². The highest BCUT2D eigenvalue weighted by Gasteiger charge is 2.38. The van der Waals surface area contributed by atoms with Crippen LogP contribution in [0, 0.1) is 11.2 Å². The second-order valence-corrected chi connectivity index (χ2v) is 6.58. The summed E-state index contributed by atoms with van der Waals surface area (Å²) in [5, 5.41) is 3.59. The highest BCUT2D eigenvalue weighted by molar-refractivity contribution is 6.32. The van der Waals surface area contributed by atoms with E-state index in [2.05, 4.69) is 5.32 Å². The van der Waals surface area contributed by atoms with Crippen LogP contribution in [0.1, 0.15) is 19.3 Å². The summed E-state index contributed by atoms with van der Waals surface area (Å²) in [7, 11) is 0. The fourth-order valence-corrected chi connectivity index (χ4v) is 3.50. The Balaban J connectivity index is 1.50. The van der Waals surface area contributed by atoms with Gasteiger partial charge >= 0.3 is 0 Å². The Bertz CT molecular complexity index is 551. The maximum absolute atomic E-state index is 13.0. The molecule has 120 valence electrons. The van der Waals surface area contributed by atoms with E-state index in [4.69, 9.17) is 16.3 Å². The molecule has 1 aromatic rings. The van der Waals surface area contributed by atoms with Crippen molar-refractivity contribution in [3.05, 3.63) is 29.0 Å². The number of carbonyl (C=O) groups is 1. The SMILES string of the molecule is O=C(COc1ccc(F)cc1Cl)N1CCC2(CCNC2)CC1. The molecule has 0 aromatic heterocycles. The molecule has 1 aromatic carbocycles. The number of nitrogens with zero attached hydrogens (tertiary/aromatic N) is 1. The average molecular weight is 327 g/mol. The van der Waals surface area contributed by atoms with Crippen LogP contribution in [0.4, 0.5) is 4.39 Å². The number of halogens is 2. The fraction of sp³-hybridized carbons (Fsp3) is 0.562. The Kier molecular flexibility index (Phi) is 4.54. The number of nitrogens with one attached hydrogen (secondary N) is 1. The van der Waals surface area contributed by atoms with Crippen LogP contribution in [0.5, 0.6) is 5.75 Å². The minimum absolute atomic E-state index is 0.0406. The predicted octanol–water partition coefficient (Wildman–Crippen LogP) is 2.46. The van der Waals surface area contributed by atoms with Crippen molar-refractivity contribution >= 4 is 17.5 Å². The third kappa shape index (κ3) is 3.36. The number of benzene rings is 1. The molecular weight excluding hydrogens is 307 g/mol. The van der Waals surface area contributed by atoms with Crippen LogP contribution in [0.3, 0.4) is 0 Å². The molecule has 4 nitrogen and oxygen atoms in total. The van der Waals surface area contributed by atoms with E-state index in [0.717, 1.165) is 39.0 Å². The van der Waals surface area contributed by atoms with Crippen molar-refractivity contribution in [1.29, 1.82) is 0 Å². The normalized spacial score (nSPS) is 20.4. The second kappa shape index (κ2) is 6.42. The Morgan fingerprint density at radius 2 is 2.14 bits per heavy atom. The molecule has 2 aliphatic rings. The van der Waals surface area contributed by atoms with Crippen molar-refractivity contribution < 1.29 is 13.9 Å². The van der Waals surface area contributed by atoms with E-state index in [1.54, 1.807) is 0 Å². The smallest absolute Gasteiger partial charge is 0.260 e. The lowest BCUT2D eigenvalue weighted by atomic mass is 9.78. The van der Waals surface area contributed by atoms with Gasteiger partial charge in [-0.25, -0.2) is 4.39 Å². The molecule has 2 fully saturated rings. The number of rotatable bonds is 3. The molecule has 1 spiro atoms. The molecule has 2 saturated heterocycles. The minimum Gasteiger partial charge on any atom is -0.482 e. The summed E-state index contributed by atoms with van der Waals surface area (Å²) >= 11 is 5.88. The van der Waals surface area contributed by atoms with Crippen LogP contribution in [0.25, 0.3) is 0 Å². The minimum atomic E-state index is -0.421. The second-order valence-electron chi connectivity index (χ2n) is 6.17. The van der Waals surface area contributed by atoms with Crippen molar-refractivity contribution in [3.8, 4) is 5.75 Å². The van der Waals surface area contributed by atoms with E-state index < -0.39 is 5.82 Å². The van der Waals surface area contributed by atoms with Crippen LogP contribution in [0.15, 0.2) is 18.2 Å². The molecule has 3 rings (SSSR count). The van der Waals surface area contributed by atoms with Crippen molar-refractivity contribution in [2.75, 3.05) is 32.8 Å². The molecule has 6 heteroatoms. The van der Waals surface area contributed by atoms with E-state index in [1.807, 2.05) is 4.90 Å². The Labute approximate surface area is 134 Å². The Hall–Kier alpha value is -1.33. The van der Waals surface area contributed by atoms with E-state index in [-0.39, 0.29) is 17.5 Å². The summed E-state index contributed by atoms with van der Waals surface area (Å²) in [6.45, 7) is 3.65. The largest absolute Gasteiger partial charge is 0.482 e. The van der Waals surface area contributed by atoms with Gasteiger partial charge in [-0.05, 0) is 49.4 Å². The lowest BCUT2D eigenvalue weighted by Crippen LogP contribution is -2.45. The van der Waals surface area contributed by atoms with Crippen LogP contribution in [0.2, 0.25) is 5.02 Å². The van der Waals surface area contributed by atoms with Crippen LogP contribution in [-0.2, 0) is 4.79 Å². The first-order valence-corrected chi connectivity index (χ1v) is 8.02. The summed E-state index contributed by atoms with van der Waals surface area (Å²) in [6.07, 6.45) is 3.29. The first-order valence-electron chi connectivity index (χ1n) is 7.64. The standard InChI is InChI=1S/C16H20ClFN2O2/c17-13-9-12(18)1-2-14(13)22-10-15(21)20-7-4-16(5-8-20)3-6-19-11-16/h1-2,9,19H,3-8,10-11H2. The van der Waals surface area contributed by atoms with E-state index in [1.165, 1.54) is 24.6 Å². The zero-order chi connectivity index (χ0) is 15.6. The molecule has 0 aliphatic carbocycles. The predicted molar refractivity (Wildman–Crippen MR) is 82.6 cm³/mol. The third-order valence-electron chi connectivity index (χ3n) is 4.75. The highest BCUT2D eigenvalue weighted by atomic mass is 35.5. The van der Waals surface area contributed by atoms with Crippen molar-refractivity contribution in [3.63, 3.8) is 0 Å². The zero-order valence-corrected chi connectivity index (χ0v) is 13.2. The molecule has 2 heterocycles. The topological polar surface area (TPSA) is 41.6 Å². The molecule has 0 saturated carbocycles. The first-order chi connectivity index (χ1) is 10.6. The van der Waals surface area contributed by atoms with Crippen molar-refractivity contribution in [2.24, 2.45) is 5.41 Å². The molecule has 0 bridgehead atoms. The van der Waals surface area contributed by atoms with Crippen LogP contribution in [-0.4, -0.2) is 43.6 Å². The molecular formula is C16H20ClFN2O2. The van der Waals surface area contributed by atoms with Gasteiger partial charge in [-0.15, -0.1) is 0 Å². The lowest BCUT2D eigenvalue weighted by molar-refractivity contribution is -0.135. The molecule has 0 radical (unpaired) electrons. The van der Waals surface area contributed by atoms with Crippen molar-refractivity contribution in [1.82, 2.24) is 10.2 Å². The van der Waals surface area contributed by atoms with Gasteiger partial charge in [0.1, 0.15) is 11.6 Å². The molecule has 0 unspecified atom stereocenters. The Morgan fingerprint density at radius 1 is 1.36 bits per heavy atom.